The highest BCUT2D eigenvalue weighted by atomic mass is 32.2. The number of halogens is 3. The van der Waals surface area contributed by atoms with Crippen molar-refractivity contribution < 1.29 is 22.8 Å². The van der Waals surface area contributed by atoms with E-state index in [0.29, 0.717) is 18.5 Å². The van der Waals surface area contributed by atoms with Crippen molar-refractivity contribution in [1.29, 1.82) is 0 Å². The first-order valence-corrected chi connectivity index (χ1v) is 8.22. The van der Waals surface area contributed by atoms with Gasteiger partial charge in [0.1, 0.15) is 0 Å². The molecule has 0 aliphatic carbocycles. The smallest absolute Gasteiger partial charge is 0.326 e. The van der Waals surface area contributed by atoms with Crippen LogP contribution in [0.25, 0.3) is 0 Å². The van der Waals surface area contributed by atoms with Crippen LogP contribution < -0.4 is 10.6 Å². The molecule has 130 valence electrons. The highest BCUT2D eigenvalue weighted by Gasteiger charge is 2.29. The predicted octanol–water partition coefficient (Wildman–Crippen LogP) is 4.44. The Morgan fingerprint density at radius 2 is 1.80 bits per heavy atom. The minimum absolute atomic E-state index is 0.0218. The molecule has 0 atom stereocenters. The first-order valence-electron chi connectivity index (χ1n) is 7.40. The van der Waals surface area contributed by atoms with Crippen LogP contribution in [0.1, 0.15) is 22.3 Å². The van der Waals surface area contributed by atoms with Crippen LogP contribution in [0.15, 0.2) is 47.4 Å². The molecular formula is C17H13F3N2O2S. The van der Waals surface area contributed by atoms with Gasteiger partial charge in [0.25, 0.3) is 5.91 Å². The zero-order valence-electron chi connectivity index (χ0n) is 12.8. The molecule has 0 radical (unpaired) electrons. The van der Waals surface area contributed by atoms with Gasteiger partial charge in [-0.25, -0.2) is 0 Å². The van der Waals surface area contributed by atoms with Crippen molar-refractivity contribution in [3.8, 4) is 0 Å². The summed E-state index contributed by atoms with van der Waals surface area (Å²) in [5.41, 5.74) is -1.88. The molecule has 2 aromatic carbocycles. The molecule has 2 amide bonds. The van der Waals surface area contributed by atoms with Gasteiger partial charge >= 0.3 is 5.51 Å². The van der Waals surface area contributed by atoms with E-state index in [4.69, 9.17) is 0 Å². The molecule has 1 aliphatic rings. The van der Waals surface area contributed by atoms with Crippen molar-refractivity contribution in [2.75, 3.05) is 10.6 Å². The van der Waals surface area contributed by atoms with E-state index >= 15 is 0 Å². The molecule has 4 nitrogen and oxygen atoms in total. The molecule has 0 aromatic heterocycles. The largest absolute Gasteiger partial charge is 0.446 e. The lowest BCUT2D eigenvalue weighted by Crippen LogP contribution is -2.19. The van der Waals surface area contributed by atoms with Crippen molar-refractivity contribution in [1.82, 2.24) is 0 Å². The van der Waals surface area contributed by atoms with Crippen LogP contribution in [0, 0.1) is 0 Å². The van der Waals surface area contributed by atoms with Gasteiger partial charge in [-0.1, -0.05) is 0 Å². The normalized spacial score (nSPS) is 13.8. The molecule has 0 saturated carbocycles. The van der Waals surface area contributed by atoms with Gasteiger partial charge in [0, 0.05) is 28.3 Å². The van der Waals surface area contributed by atoms with E-state index in [1.807, 2.05) is 0 Å². The number of carbonyl (C=O) groups excluding carboxylic acids is 2. The first kappa shape index (κ1) is 17.3. The first-order chi connectivity index (χ1) is 11.8. The molecule has 2 aromatic rings. The maximum absolute atomic E-state index is 12.3. The standard InChI is InChI=1S/C17H13F3N2O2S/c18-17(19,20)25-13-5-1-10(2-6-13)16(24)21-12-4-7-14-11(9-12)3-8-15(23)22-14/h1-2,4-7,9H,3,8H2,(H,21,24)(H,22,23). The number of rotatable bonds is 3. The minimum Gasteiger partial charge on any atom is -0.326 e. The molecule has 3 rings (SSSR count). The second-order valence-electron chi connectivity index (χ2n) is 5.45. The van der Waals surface area contributed by atoms with Gasteiger partial charge in [0.05, 0.1) is 0 Å². The van der Waals surface area contributed by atoms with Gasteiger partial charge in [-0.2, -0.15) is 13.2 Å². The molecule has 0 unspecified atom stereocenters. The number of thioether (sulfide) groups is 1. The Hall–Kier alpha value is -2.48. The molecule has 8 heteroatoms. The number of fused-ring (bicyclic) bond motifs is 1. The molecule has 0 spiro atoms. The van der Waals surface area contributed by atoms with Crippen LogP contribution in [-0.2, 0) is 11.2 Å². The predicted molar refractivity (Wildman–Crippen MR) is 89.7 cm³/mol. The Balaban J connectivity index is 1.69. The Morgan fingerprint density at radius 1 is 1.08 bits per heavy atom. The van der Waals surface area contributed by atoms with Crippen LogP contribution in [0.5, 0.6) is 0 Å². The Bertz CT molecular complexity index is 820. The lowest BCUT2D eigenvalue weighted by atomic mass is 10.0. The number of aryl methyl sites for hydroxylation is 1. The van der Waals surface area contributed by atoms with E-state index in [9.17, 15) is 22.8 Å². The van der Waals surface area contributed by atoms with Crippen molar-refractivity contribution >= 4 is 35.0 Å². The van der Waals surface area contributed by atoms with Gasteiger partial charge in [-0.05, 0) is 66.2 Å². The molecule has 0 saturated heterocycles. The maximum Gasteiger partial charge on any atom is 0.446 e. The molecule has 0 bridgehead atoms. The summed E-state index contributed by atoms with van der Waals surface area (Å²) in [5, 5.41) is 5.46. The fourth-order valence-corrected chi connectivity index (χ4v) is 3.01. The summed E-state index contributed by atoms with van der Waals surface area (Å²) in [6.07, 6.45) is 0.983. The number of anilines is 2. The summed E-state index contributed by atoms with van der Waals surface area (Å²) < 4.78 is 36.9. The third kappa shape index (κ3) is 4.54. The van der Waals surface area contributed by atoms with E-state index < -0.39 is 11.4 Å². The van der Waals surface area contributed by atoms with Crippen molar-refractivity contribution in [3.05, 3.63) is 53.6 Å². The van der Waals surface area contributed by atoms with Crippen LogP contribution in [0.4, 0.5) is 24.5 Å². The van der Waals surface area contributed by atoms with Crippen molar-refractivity contribution in [2.24, 2.45) is 0 Å². The molecule has 1 aliphatic heterocycles. The number of benzene rings is 2. The SMILES string of the molecule is O=C1CCc2cc(NC(=O)c3ccc(SC(F)(F)F)cc3)ccc2N1. The highest BCUT2D eigenvalue weighted by molar-refractivity contribution is 8.00. The second kappa shape index (κ2) is 6.79. The Kier molecular flexibility index (Phi) is 4.71. The number of alkyl halides is 3. The van der Waals surface area contributed by atoms with E-state index in [-0.39, 0.29) is 28.1 Å². The average Bonchev–Trinajstić information content (AvgIpc) is 2.54. The Morgan fingerprint density at radius 3 is 2.48 bits per heavy atom. The fourth-order valence-electron chi connectivity index (χ4n) is 2.47. The van der Waals surface area contributed by atoms with Gasteiger partial charge in [-0.3, -0.25) is 9.59 Å². The molecule has 1 heterocycles. The van der Waals surface area contributed by atoms with Gasteiger partial charge in [0.15, 0.2) is 0 Å². The summed E-state index contributed by atoms with van der Waals surface area (Å²) in [6.45, 7) is 0. The molecule has 25 heavy (non-hydrogen) atoms. The van der Waals surface area contributed by atoms with Gasteiger partial charge in [-0.15, -0.1) is 0 Å². The molecule has 2 N–H and O–H groups in total. The Labute approximate surface area is 145 Å². The lowest BCUT2D eigenvalue weighted by molar-refractivity contribution is -0.116. The topological polar surface area (TPSA) is 58.2 Å². The highest BCUT2D eigenvalue weighted by Crippen LogP contribution is 2.36. The number of hydrogen-bond acceptors (Lipinski definition) is 3. The third-order valence-corrected chi connectivity index (χ3v) is 4.35. The quantitative estimate of drug-likeness (QED) is 0.790. The monoisotopic (exact) mass is 366 g/mol. The van der Waals surface area contributed by atoms with Crippen LogP contribution >= 0.6 is 11.8 Å². The van der Waals surface area contributed by atoms with Crippen LogP contribution in [-0.4, -0.2) is 17.3 Å². The number of hydrogen-bond donors (Lipinski definition) is 2. The van der Waals surface area contributed by atoms with Gasteiger partial charge < -0.3 is 10.6 Å². The molecule has 0 fully saturated rings. The van der Waals surface area contributed by atoms with E-state index in [1.54, 1.807) is 18.2 Å². The van der Waals surface area contributed by atoms with Crippen LogP contribution in [0.3, 0.4) is 0 Å². The summed E-state index contributed by atoms with van der Waals surface area (Å²) in [4.78, 5) is 23.6. The van der Waals surface area contributed by atoms with Crippen LogP contribution in [0.2, 0.25) is 0 Å². The fraction of sp³-hybridized carbons (Fsp3) is 0.176. The van der Waals surface area contributed by atoms with E-state index in [2.05, 4.69) is 10.6 Å². The minimum atomic E-state index is -4.36. The second-order valence-corrected chi connectivity index (χ2v) is 6.58. The lowest BCUT2D eigenvalue weighted by Gasteiger charge is -2.17. The van der Waals surface area contributed by atoms with E-state index in [1.165, 1.54) is 24.3 Å². The number of carbonyl (C=O) groups is 2. The van der Waals surface area contributed by atoms with Gasteiger partial charge in [0.2, 0.25) is 5.91 Å². The van der Waals surface area contributed by atoms with Crippen molar-refractivity contribution in [2.45, 2.75) is 23.2 Å². The summed E-state index contributed by atoms with van der Waals surface area (Å²) in [6, 6.07) is 10.4. The summed E-state index contributed by atoms with van der Waals surface area (Å²) in [7, 11) is 0. The molecular weight excluding hydrogens is 353 g/mol. The third-order valence-electron chi connectivity index (χ3n) is 3.61. The van der Waals surface area contributed by atoms with Crippen molar-refractivity contribution in [3.63, 3.8) is 0 Å². The number of amides is 2. The average molecular weight is 366 g/mol. The van der Waals surface area contributed by atoms with E-state index in [0.717, 1.165) is 11.3 Å². The zero-order chi connectivity index (χ0) is 18.0. The zero-order valence-corrected chi connectivity index (χ0v) is 13.6. The maximum atomic E-state index is 12.3. The number of nitrogens with one attached hydrogen (secondary N) is 2. The summed E-state index contributed by atoms with van der Waals surface area (Å²) >= 11 is -0.225. The summed E-state index contributed by atoms with van der Waals surface area (Å²) in [5.74, 6) is -0.454.